The van der Waals surface area contributed by atoms with Crippen molar-refractivity contribution in [2.75, 3.05) is 0 Å². The van der Waals surface area contributed by atoms with Crippen LogP contribution in [-0.4, -0.2) is 23.1 Å². The molecule has 1 N–H and O–H groups in total. The van der Waals surface area contributed by atoms with Crippen molar-refractivity contribution < 1.29 is 19.4 Å². The van der Waals surface area contributed by atoms with Gasteiger partial charge in [0.1, 0.15) is 11.5 Å². The van der Waals surface area contributed by atoms with Gasteiger partial charge in [-0.25, -0.2) is 0 Å². The first-order valence-electron chi connectivity index (χ1n) is 14.4. The lowest BCUT2D eigenvalue weighted by Gasteiger charge is -2.71. The monoisotopic (exact) mass is 496 g/mol. The minimum Gasteiger partial charge on any atom is -0.480 e. The fraction of sp³-hybridized carbons (Fsp3) is 0.812. The Kier molecular flexibility index (Phi) is 5.76. The van der Waals surface area contributed by atoms with Gasteiger partial charge in [-0.1, -0.05) is 45.9 Å². The first-order valence-corrected chi connectivity index (χ1v) is 14.4. The molecule has 10 atom stereocenters. The Hall–Kier alpha value is -1.58. The van der Waals surface area contributed by atoms with Crippen molar-refractivity contribution in [2.45, 2.75) is 112 Å². The van der Waals surface area contributed by atoms with E-state index in [2.05, 4.69) is 47.3 Å². The summed E-state index contributed by atoms with van der Waals surface area (Å²) in [5, 5.41) is 10.5. The van der Waals surface area contributed by atoms with E-state index in [1.54, 1.807) is 0 Å². The second-order valence-electron chi connectivity index (χ2n) is 14.5. The largest absolute Gasteiger partial charge is 0.480 e. The summed E-state index contributed by atoms with van der Waals surface area (Å²) in [5.74, 6) is 1.33. The van der Waals surface area contributed by atoms with E-state index in [0.29, 0.717) is 29.6 Å². The first-order chi connectivity index (χ1) is 16.7. The number of fused-ring (bicyclic) bond motifs is 7. The Bertz CT molecular complexity index is 1030. The Morgan fingerprint density at radius 3 is 2.19 bits per heavy atom. The van der Waals surface area contributed by atoms with Crippen LogP contribution in [0.1, 0.15) is 106 Å². The summed E-state index contributed by atoms with van der Waals surface area (Å²) in [6, 6.07) is 0. The minimum absolute atomic E-state index is 0.136. The van der Waals surface area contributed by atoms with Crippen molar-refractivity contribution in [3.05, 3.63) is 23.8 Å². The van der Waals surface area contributed by atoms with Gasteiger partial charge in [0.25, 0.3) is 0 Å². The first kappa shape index (κ1) is 26.0. The van der Waals surface area contributed by atoms with E-state index < -0.39 is 17.5 Å². The molecule has 5 aliphatic rings. The molecule has 0 radical (unpaired) electrons. The maximum atomic E-state index is 12.8. The number of hydrogen-bond donors (Lipinski definition) is 1. The van der Waals surface area contributed by atoms with E-state index >= 15 is 0 Å². The number of allylic oxidation sites excluding steroid dienone is 2. The van der Waals surface area contributed by atoms with Crippen molar-refractivity contribution in [3.63, 3.8) is 0 Å². The zero-order valence-electron chi connectivity index (χ0n) is 23.7. The number of carbonyl (C=O) groups is 2. The van der Waals surface area contributed by atoms with Gasteiger partial charge in [-0.2, -0.15) is 0 Å². The Morgan fingerprint density at radius 2 is 1.58 bits per heavy atom. The lowest BCUT2D eigenvalue weighted by Crippen LogP contribution is -2.65. The van der Waals surface area contributed by atoms with E-state index in [4.69, 9.17) is 4.74 Å². The van der Waals surface area contributed by atoms with Crippen molar-refractivity contribution in [3.8, 4) is 0 Å². The maximum absolute atomic E-state index is 12.8. The van der Waals surface area contributed by atoms with E-state index in [1.807, 2.05) is 6.92 Å². The molecule has 0 spiro atoms. The summed E-state index contributed by atoms with van der Waals surface area (Å²) in [6.07, 6.45) is 11.7. The molecule has 0 amide bonds. The van der Waals surface area contributed by atoms with Gasteiger partial charge < -0.3 is 9.84 Å². The third kappa shape index (κ3) is 3.05. The van der Waals surface area contributed by atoms with Gasteiger partial charge in [0.2, 0.25) is 0 Å². The van der Waals surface area contributed by atoms with Crippen LogP contribution in [0.15, 0.2) is 23.8 Å². The number of ether oxygens (including phenoxy) is 1. The standard InChI is InChI=1S/C32H48O4/c1-19(2)21-11-15-28(4)22(21)12-17-30(6)23(28)9-10-24-29(5)16-14-26(36-20(3)33)32(8,27(34)35)25(29)13-18-31(24,30)7/h13,21-24,26H,1,9-12,14-18H2,2-8H3,(H,34,35)/t21-,22-,23?,24+,26+,28-,29+,30+,31+,32+/m0/s1. The van der Waals surface area contributed by atoms with Gasteiger partial charge in [0, 0.05) is 6.92 Å². The van der Waals surface area contributed by atoms with Gasteiger partial charge in [0.05, 0.1) is 0 Å². The van der Waals surface area contributed by atoms with Crippen LogP contribution in [0.5, 0.6) is 0 Å². The highest BCUT2D eigenvalue weighted by Crippen LogP contribution is 2.77. The predicted molar refractivity (Wildman–Crippen MR) is 142 cm³/mol. The molecule has 0 aromatic carbocycles. The van der Waals surface area contributed by atoms with Crippen LogP contribution in [-0.2, 0) is 14.3 Å². The number of hydrogen-bond acceptors (Lipinski definition) is 3. The Labute approximate surface area is 218 Å². The van der Waals surface area contributed by atoms with Crippen LogP contribution in [0.25, 0.3) is 0 Å². The van der Waals surface area contributed by atoms with Crippen LogP contribution in [0, 0.1) is 50.7 Å². The normalized spacial score (nSPS) is 51.6. The average molecular weight is 497 g/mol. The lowest BCUT2D eigenvalue weighted by atomic mass is 9.33. The molecule has 0 saturated heterocycles. The van der Waals surface area contributed by atoms with Gasteiger partial charge >= 0.3 is 11.9 Å². The van der Waals surface area contributed by atoms with Crippen LogP contribution in [0.3, 0.4) is 0 Å². The van der Waals surface area contributed by atoms with E-state index in [0.717, 1.165) is 24.3 Å². The number of carboxylic acids is 1. The highest BCUT2D eigenvalue weighted by Gasteiger charge is 2.70. The van der Waals surface area contributed by atoms with Crippen LogP contribution in [0.2, 0.25) is 0 Å². The van der Waals surface area contributed by atoms with Gasteiger partial charge in [-0.05, 0) is 123 Å². The van der Waals surface area contributed by atoms with Crippen molar-refractivity contribution in [1.82, 2.24) is 0 Å². The fourth-order valence-corrected chi connectivity index (χ4v) is 11.4. The van der Waals surface area contributed by atoms with Crippen molar-refractivity contribution in [2.24, 2.45) is 50.7 Å². The van der Waals surface area contributed by atoms with Crippen LogP contribution >= 0.6 is 0 Å². The molecule has 0 heterocycles. The van der Waals surface area contributed by atoms with Gasteiger partial charge in [0.15, 0.2) is 0 Å². The molecule has 0 aliphatic heterocycles. The highest BCUT2D eigenvalue weighted by molar-refractivity contribution is 5.81. The number of carbonyl (C=O) groups excluding carboxylic acids is 1. The summed E-state index contributed by atoms with van der Waals surface area (Å²) < 4.78 is 5.65. The molecule has 200 valence electrons. The minimum atomic E-state index is -1.17. The number of aliphatic carboxylic acids is 1. The molecule has 5 rings (SSSR count). The number of esters is 1. The number of rotatable bonds is 3. The topological polar surface area (TPSA) is 63.6 Å². The van der Waals surface area contributed by atoms with Gasteiger partial charge in [-0.15, -0.1) is 0 Å². The summed E-state index contributed by atoms with van der Waals surface area (Å²) in [4.78, 5) is 24.7. The quantitative estimate of drug-likeness (QED) is 0.323. The summed E-state index contributed by atoms with van der Waals surface area (Å²) in [5.41, 5.74) is 1.80. The zero-order valence-corrected chi connectivity index (χ0v) is 23.7. The molecule has 36 heavy (non-hydrogen) atoms. The Balaban J connectivity index is 1.56. The molecular formula is C32H48O4. The van der Waals surface area contributed by atoms with Gasteiger partial charge in [-0.3, -0.25) is 9.59 Å². The molecule has 1 unspecified atom stereocenters. The SMILES string of the molecule is C=C(C)[C@@H]1CC[C@]2(C)C3CC[C@@H]4[C@@]5(C)CC[C@@H](OC(C)=O)[C@](C)(C(=O)O)C5=CC[C@@]4(C)[C@]3(C)CC[C@@H]12. The summed E-state index contributed by atoms with van der Waals surface area (Å²) in [7, 11) is 0. The van der Waals surface area contributed by atoms with Crippen molar-refractivity contribution >= 4 is 11.9 Å². The molecular weight excluding hydrogens is 448 g/mol. The molecule has 5 aliphatic carbocycles. The fourth-order valence-electron chi connectivity index (χ4n) is 11.4. The second-order valence-corrected chi connectivity index (χ2v) is 14.5. The molecule has 4 saturated carbocycles. The van der Waals surface area contributed by atoms with Crippen molar-refractivity contribution in [1.29, 1.82) is 0 Å². The van der Waals surface area contributed by atoms with Crippen LogP contribution < -0.4 is 0 Å². The molecule has 0 aromatic rings. The molecule has 0 bridgehead atoms. The highest BCUT2D eigenvalue weighted by atomic mass is 16.5. The predicted octanol–water partition coefficient (Wildman–Crippen LogP) is 7.58. The average Bonchev–Trinajstić information content (AvgIpc) is 3.13. The smallest absolute Gasteiger partial charge is 0.317 e. The van der Waals surface area contributed by atoms with Crippen LogP contribution in [0.4, 0.5) is 0 Å². The summed E-state index contributed by atoms with van der Waals surface area (Å²) >= 11 is 0. The van der Waals surface area contributed by atoms with E-state index in [1.165, 1.54) is 51.0 Å². The molecule has 4 nitrogen and oxygen atoms in total. The summed E-state index contributed by atoms with van der Waals surface area (Å²) in [6.45, 7) is 19.9. The maximum Gasteiger partial charge on any atom is 0.317 e. The Morgan fingerprint density at radius 1 is 0.917 bits per heavy atom. The van der Waals surface area contributed by atoms with E-state index in [-0.39, 0.29) is 22.2 Å². The third-order valence-corrected chi connectivity index (χ3v) is 13.3. The molecule has 0 aromatic heterocycles. The third-order valence-electron chi connectivity index (χ3n) is 13.3. The molecule has 4 heteroatoms. The second kappa shape index (κ2) is 7.96. The lowest BCUT2D eigenvalue weighted by molar-refractivity contribution is -0.205. The zero-order chi connectivity index (χ0) is 26.5. The molecule has 4 fully saturated rings. The number of carboxylic acid groups (broad SMARTS) is 1. The van der Waals surface area contributed by atoms with E-state index in [9.17, 15) is 14.7 Å².